The largest absolute Gasteiger partial charge is 0.486 e. The predicted octanol–water partition coefficient (Wildman–Crippen LogP) is 9.07. The van der Waals surface area contributed by atoms with Crippen LogP contribution in [0.1, 0.15) is 63.3 Å². The van der Waals surface area contributed by atoms with E-state index >= 15 is 0 Å². The van der Waals surface area contributed by atoms with Crippen LogP contribution in [0.2, 0.25) is 0 Å². The van der Waals surface area contributed by atoms with Crippen molar-refractivity contribution < 1.29 is 38.2 Å². The fraction of sp³-hybridized carbons (Fsp3) is 0.206. The van der Waals surface area contributed by atoms with E-state index in [-0.39, 0.29) is 50.1 Å². The number of hydrogen-bond donors (Lipinski definition) is 0. The number of rotatable bonds is 3. The Morgan fingerprint density at radius 1 is 0.872 bits per heavy atom. The summed E-state index contributed by atoms with van der Waals surface area (Å²) in [7, 11) is 0. The molecule has 39 heavy (non-hydrogen) atoms. The third kappa shape index (κ3) is 6.68. The summed E-state index contributed by atoms with van der Waals surface area (Å²) in [5.41, 5.74) is 4.51. The SMILES string of the molecule is C.[2H]C([2H])([2H])c1c[c-]c(-c2ccc(C([2H])([2H])[2H])cn2)cc1.[2H]C([2H])([2H])c1ccc2c(n1)oc1c(-c3cc(C([2H])(C)C)ccn3)[c-]ccc12.[Ir]. The zero-order valence-electron chi connectivity index (χ0n) is 30.6. The van der Waals surface area contributed by atoms with Crippen LogP contribution in [0.25, 0.3) is 44.6 Å². The van der Waals surface area contributed by atoms with E-state index in [2.05, 4.69) is 27.1 Å². The summed E-state index contributed by atoms with van der Waals surface area (Å²) in [6.45, 7) is -3.00. The van der Waals surface area contributed by atoms with Crippen LogP contribution in [-0.4, -0.2) is 15.0 Å². The average molecular weight is 702 g/mol. The van der Waals surface area contributed by atoms with Crippen LogP contribution in [0, 0.1) is 32.7 Å². The van der Waals surface area contributed by atoms with Gasteiger partial charge in [-0.3, -0.25) is 0 Å². The van der Waals surface area contributed by atoms with Gasteiger partial charge in [-0.05, 0) is 54.7 Å². The Morgan fingerprint density at radius 3 is 2.41 bits per heavy atom. The molecule has 2 aromatic carbocycles. The van der Waals surface area contributed by atoms with E-state index in [9.17, 15) is 0 Å². The summed E-state index contributed by atoms with van der Waals surface area (Å²) in [5, 5.41) is 1.56. The Hall–Kier alpha value is -3.66. The first-order chi connectivity index (χ1) is 21.8. The van der Waals surface area contributed by atoms with Gasteiger partial charge in [0, 0.05) is 57.3 Å². The van der Waals surface area contributed by atoms with Crippen LogP contribution in [0.15, 0.2) is 83.5 Å². The molecule has 5 heteroatoms. The molecule has 1 radical (unpaired) electrons. The van der Waals surface area contributed by atoms with Crippen molar-refractivity contribution in [3.05, 3.63) is 114 Å². The first-order valence-corrected chi connectivity index (χ1v) is 11.5. The van der Waals surface area contributed by atoms with Crippen LogP contribution in [0.4, 0.5) is 0 Å². The van der Waals surface area contributed by atoms with Gasteiger partial charge in [-0.1, -0.05) is 62.8 Å². The van der Waals surface area contributed by atoms with E-state index in [1.54, 1.807) is 30.5 Å². The van der Waals surface area contributed by atoms with Gasteiger partial charge in [0.25, 0.3) is 0 Å². The van der Waals surface area contributed by atoms with Gasteiger partial charge in [0.15, 0.2) is 0 Å². The van der Waals surface area contributed by atoms with Crippen molar-refractivity contribution in [2.24, 2.45) is 0 Å². The molecule has 6 rings (SSSR count). The number of aryl methyl sites for hydroxylation is 3. The van der Waals surface area contributed by atoms with Crippen LogP contribution >= 0.6 is 0 Å². The Bertz CT molecular complexity index is 1970. The molecule has 4 nitrogen and oxygen atoms in total. The maximum atomic E-state index is 8.24. The molecule has 0 aliphatic heterocycles. The number of furan rings is 1. The monoisotopic (exact) mass is 702 g/mol. The van der Waals surface area contributed by atoms with Gasteiger partial charge in [0.1, 0.15) is 0 Å². The van der Waals surface area contributed by atoms with Gasteiger partial charge in [0.05, 0.1) is 5.58 Å². The topological polar surface area (TPSA) is 51.8 Å². The second-order valence-corrected chi connectivity index (χ2v) is 8.60. The summed E-state index contributed by atoms with van der Waals surface area (Å²) < 4.78 is 80.4. The van der Waals surface area contributed by atoms with E-state index < -0.39 is 26.4 Å². The van der Waals surface area contributed by atoms with Gasteiger partial charge in [-0.25, -0.2) is 4.98 Å². The normalized spacial score (nSPS) is 15.5. The Balaban J connectivity index is 0.000000266. The molecule has 0 saturated heterocycles. The summed E-state index contributed by atoms with van der Waals surface area (Å²) in [6.07, 6.45) is 2.97. The number of hydrogen-bond acceptors (Lipinski definition) is 4. The molecule has 0 aliphatic carbocycles. The maximum Gasteiger partial charge on any atom is 0.216 e. The minimum absolute atomic E-state index is 0. The summed E-state index contributed by atoms with van der Waals surface area (Å²) in [4.78, 5) is 12.7. The third-order valence-electron chi connectivity index (χ3n) is 5.74. The minimum Gasteiger partial charge on any atom is -0.486 e. The number of nitrogens with zero attached hydrogens (tertiary/aromatic N) is 3. The van der Waals surface area contributed by atoms with Crippen molar-refractivity contribution >= 4 is 22.1 Å². The van der Waals surface area contributed by atoms with Crippen LogP contribution in [0.3, 0.4) is 0 Å². The van der Waals surface area contributed by atoms with Gasteiger partial charge in [0.2, 0.25) is 5.71 Å². The predicted molar refractivity (Wildman–Crippen MR) is 157 cm³/mol. The molecule has 0 fully saturated rings. The quantitative estimate of drug-likeness (QED) is 0.173. The van der Waals surface area contributed by atoms with Crippen molar-refractivity contribution in [1.82, 2.24) is 15.0 Å². The first kappa shape index (κ1) is 18.6. The van der Waals surface area contributed by atoms with Gasteiger partial charge in [-0.15, -0.1) is 53.6 Å². The van der Waals surface area contributed by atoms with E-state index in [1.807, 2.05) is 32.0 Å². The van der Waals surface area contributed by atoms with Crippen molar-refractivity contribution in [3.8, 4) is 22.5 Å². The molecule has 201 valence electrons. The molecule has 0 saturated carbocycles. The Morgan fingerprint density at radius 2 is 1.72 bits per heavy atom. The van der Waals surface area contributed by atoms with Crippen LogP contribution < -0.4 is 0 Å². The van der Waals surface area contributed by atoms with Crippen molar-refractivity contribution in [3.63, 3.8) is 0 Å². The zero-order chi connectivity index (χ0) is 34.4. The van der Waals surface area contributed by atoms with E-state index in [0.29, 0.717) is 28.1 Å². The molecule has 0 unspecified atom stereocenters. The third-order valence-corrected chi connectivity index (χ3v) is 5.74. The van der Waals surface area contributed by atoms with Crippen molar-refractivity contribution in [1.29, 1.82) is 0 Å². The minimum atomic E-state index is -2.29. The summed E-state index contributed by atoms with van der Waals surface area (Å²) in [5.74, 6) is -0.754. The van der Waals surface area contributed by atoms with Gasteiger partial charge in [-0.2, -0.15) is 0 Å². The van der Waals surface area contributed by atoms with E-state index in [4.69, 9.17) is 18.1 Å². The number of aromatic nitrogens is 3. The number of pyridine rings is 3. The van der Waals surface area contributed by atoms with Crippen LogP contribution in [-0.2, 0) is 20.1 Å². The number of fused-ring (bicyclic) bond motifs is 3. The molecule has 0 aliphatic rings. The molecule has 0 bridgehead atoms. The first-order valence-electron chi connectivity index (χ1n) is 16.5. The molecule has 0 atom stereocenters. The second kappa shape index (κ2) is 12.9. The number of benzene rings is 2. The molecule has 0 spiro atoms. The molecule has 6 aromatic rings. The van der Waals surface area contributed by atoms with Crippen molar-refractivity contribution in [2.45, 2.75) is 47.7 Å². The Kier molecular flexibility index (Phi) is 6.16. The van der Waals surface area contributed by atoms with Gasteiger partial charge < -0.3 is 14.4 Å². The molecule has 4 heterocycles. The average Bonchev–Trinajstić information content (AvgIpc) is 3.38. The maximum absolute atomic E-state index is 8.24. The van der Waals surface area contributed by atoms with E-state index in [0.717, 1.165) is 16.3 Å². The molecule has 0 amide bonds. The summed E-state index contributed by atoms with van der Waals surface area (Å²) >= 11 is 0. The standard InChI is InChI=1S/C20H17N2O.C13H12N.CH4.Ir/c1-12(2)14-9-10-21-18(11-14)17-6-4-5-15-16-8-7-13(3)22-20(16)23-19(15)17;1-10-3-6-12(7-4-10)13-8-5-11(2)9-14-13;;/h4-5,7-12H,1-3H3;3-6,8-9H,1-2H3;1H4;/q2*-1;;/i3D3,12D;1D3,2D3;;. The van der Waals surface area contributed by atoms with Crippen LogP contribution in [0.5, 0.6) is 0 Å². The Labute approximate surface area is 259 Å². The smallest absolute Gasteiger partial charge is 0.216 e. The fourth-order valence-corrected chi connectivity index (χ4v) is 3.83. The molecule has 0 N–H and O–H groups in total. The molecular formula is C34H33IrN3O-2. The van der Waals surface area contributed by atoms with Crippen molar-refractivity contribution in [2.75, 3.05) is 0 Å². The fourth-order valence-electron chi connectivity index (χ4n) is 3.83. The molecule has 4 aromatic heterocycles. The van der Waals surface area contributed by atoms with E-state index in [1.165, 1.54) is 30.5 Å². The van der Waals surface area contributed by atoms with Gasteiger partial charge >= 0.3 is 0 Å². The molecular weight excluding hydrogens is 659 g/mol. The summed E-state index contributed by atoms with van der Waals surface area (Å²) in [6, 6.07) is 24.1. The second-order valence-electron chi connectivity index (χ2n) is 8.60. The zero-order valence-corrected chi connectivity index (χ0v) is 23.0.